The molecule has 0 fully saturated rings. The van der Waals surface area contributed by atoms with Gasteiger partial charge in [0.25, 0.3) is 0 Å². The molecular formula is C17H40N4O4. The molecule has 2 unspecified atom stereocenters. The Morgan fingerprint density at radius 2 is 1.16 bits per heavy atom. The molecule has 0 rings (SSSR count). The minimum absolute atomic E-state index is 0.0590. The highest BCUT2D eigenvalue weighted by molar-refractivity contribution is 4.65. The van der Waals surface area contributed by atoms with E-state index in [9.17, 15) is 10.2 Å². The van der Waals surface area contributed by atoms with Gasteiger partial charge in [0.2, 0.25) is 0 Å². The fourth-order valence-electron chi connectivity index (χ4n) is 2.72. The van der Waals surface area contributed by atoms with Crippen molar-refractivity contribution in [2.45, 2.75) is 38.9 Å². The molecule has 0 aliphatic rings. The average molecular weight is 365 g/mol. The molecule has 0 radical (unpaired) electrons. The standard InChI is InChI=1S/C17H40N4O4/c1-3-7-20(8-4-2)11-16(22)13-24-15-25-14-17(23)12-21(9-5-18)10-6-19/h16-17,22-23H,3-15,18-19H2,1-2H3. The molecule has 0 spiro atoms. The summed E-state index contributed by atoms with van der Waals surface area (Å²) in [5.41, 5.74) is 11.1. The summed E-state index contributed by atoms with van der Waals surface area (Å²) >= 11 is 0. The number of rotatable bonds is 18. The van der Waals surface area contributed by atoms with E-state index in [4.69, 9.17) is 20.9 Å². The molecule has 0 saturated heterocycles. The lowest BCUT2D eigenvalue weighted by Crippen LogP contribution is -2.40. The summed E-state index contributed by atoms with van der Waals surface area (Å²) in [5.74, 6) is 0. The lowest BCUT2D eigenvalue weighted by molar-refractivity contribution is -0.102. The summed E-state index contributed by atoms with van der Waals surface area (Å²) < 4.78 is 10.7. The number of hydrogen-bond acceptors (Lipinski definition) is 8. The van der Waals surface area contributed by atoms with E-state index in [2.05, 4.69) is 18.7 Å². The quantitative estimate of drug-likeness (QED) is 0.181. The Kier molecular flexibility index (Phi) is 16.9. The Morgan fingerprint density at radius 1 is 0.760 bits per heavy atom. The molecule has 6 N–H and O–H groups in total. The molecule has 0 aromatic carbocycles. The first-order chi connectivity index (χ1) is 12.1. The fraction of sp³-hybridized carbons (Fsp3) is 1.00. The van der Waals surface area contributed by atoms with Crippen LogP contribution in [0, 0.1) is 0 Å². The van der Waals surface area contributed by atoms with E-state index in [1.807, 2.05) is 4.90 Å². The number of aliphatic hydroxyl groups is 2. The predicted molar refractivity (Wildman–Crippen MR) is 100 cm³/mol. The molecule has 0 amide bonds. The fourth-order valence-corrected chi connectivity index (χ4v) is 2.72. The first kappa shape index (κ1) is 24.7. The maximum Gasteiger partial charge on any atom is 0.146 e. The van der Waals surface area contributed by atoms with Gasteiger partial charge >= 0.3 is 0 Å². The topological polar surface area (TPSA) is 117 Å². The minimum Gasteiger partial charge on any atom is -0.389 e. The van der Waals surface area contributed by atoms with E-state index in [1.165, 1.54) is 0 Å². The summed E-state index contributed by atoms with van der Waals surface area (Å²) in [5, 5.41) is 20.0. The van der Waals surface area contributed by atoms with Crippen molar-refractivity contribution in [1.82, 2.24) is 9.80 Å². The van der Waals surface area contributed by atoms with Crippen LogP contribution < -0.4 is 11.5 Å². The van der Waals surface area contributed by atoms with Crippen LogP contribution in [0.4, 0.5) is 0 Å². The van der Waals surface area contributed by atoms with Gasteiger partial charge in [0.05, 0.1) is 25.4 Å². The van der Waals surface area contributed by atoms with E-state index < -0.39 is 12.2 Å². The number of ether oxygens (including phenoxy) is 2. The van der Waals surface area contributed by atoms with E-state index in [-0.39, 0.29) is 20.0 Å². The van der Waals surface area contributed by atoms with Crippen LogP contribution in [0.25, 0.3) is 0 Å². The van der Waals surface area contributed by atoms with Crippen molar-refractivity contribution in [2.24, 2.45) is 11.5 Å². The molecule has 0 aliphatic carbocycles. The molecule has 8 nitrogen and oxygen atoms in total. The van der Waals surface area contributed by atoms with Gasteiger partial charge in [-0.3, -0.25) is 4.90 Å². The Hall–Kier alpha value is -0.320. The van der Waals surface area contributed by atoms with Crippen LogP contribution in [0.2, 0.25) is 0 Å². The Labute approximate surface area is 153 Å². The lowest BCUT2D eigenvalue weighted by Gasteiger charge is -2.24. The Morgan fingerprint density at radius 3 is 1.52 bits per heavy atom. The van der Waals surface area contributed by atoms with Gasteiger partial charge in [-0.15, -0.1) is 0 Å². The van der Waals surface area contributed by atoms with Crippen LogP contribution in [0.15, 0.2) is 0 Å². The summed E-state index contributed by atoms with van der Waals surface area (Å²) in [6.45, 7) is 10.2. The van der Waals surface area contributed by atoms with Gasteiger partial charge in [0, 0.05) is 39.3 Å². The van der Waals surface area contributed by atoms with Gasteiger partial charge in [0.15, 0.2) is 0 Å². The SMILES string of the molecule is CCCN(CCC)CC(O)COCOCC(O)CN(CCN)CCN. The third kappa shape index (κ3) is 14.5. The monoisotopic (exact) mass is 364 g/mol. The summed E-state index contributed by atoms with van der Waals surface area (Å²) in [4.78, 5) is 4.25. The number of nitrogens with zero attached hydrogens (tertiary/aromatic N) is 2. The number of hydrogen-bond donors (Lipinski definition) is 4. The maximum atomic E-state index is 10.0. The second kappa shape index (κ2) is 17.1. The van der Waals surface area contributed by atoms with Crippen LogP contribution in [0.5, 0.6) is 0 Å². The van der Waals surface area contributed by atoms with Gasteiger partial charge in [0.1, 0.15) is 6.79 Å². The van der Waals surface area contributed by atoms with Crippen molar-refractivity contribution < 1.29 is 19.7 Å². The summed E-state index contributed by atoms with van der Waals surface area (Å²) in [6.07, 6.45) is 0.993. The maximum absolute atomic E-state index is 10.0. The molecule has 2 atom stereocenters. The molecular weight excluding hydrogens is 324 g/mol. The Balaban J connectivity index is 3.78. The average Bonchev–Trinajstić information content (AvgIpc) is 2.55. The number of nitrogens with two attached hydrogens (primary N) is 2. The molecule has 152 valence electrons. The zero-order valence-corrected chi connectivity index (χ0v) is 16.1. The first-order valence-electron chi connectivity index (χ1n) is 9.43. The van der Waals surface area contributed by atoms with Crippen molar-refractivity contribution in [3.8, 4) is 0 Å². The van der Waals surface area contributed by atoms with E-state index in [0.29, 0.717) is 39.3 Å². The highest BCUT2D eigenvalue weighted by atomic mass is 16.7. The first-order valence-corrected chi connectivity index (χ1v) is 9.43. The van der Waals surface area contributed by atoms with Crippen molar-refractivity contribution in [2.75, 3.05) is 72.4 Å². The van der Waals surface area contributed by atoms with E-state index in [0.717, 1.165) is 25.9 Å². The second-order valence-electron chi connectivity index (χ2n) is 6.35. The smallest absolute Gasteiger partial charge is 0.146 e. The van der Waals surface area contributed by atoms with Gasteiger partial charge in [-0.2, -0.15) is 0 Å². The van der Waals surface area contributed by atoms with Crippen molar-refractivity contribution in [3.05, 3.63) is 0 Å². The highest BCUT2D eigenvalue weighted by Gasteiger charge is 2.12. The molecule has 0 heterocycles. The van der Waals surface area contributed by atoms with Crippen LogP contribution in [-0.2, 0) is 9.47 Å². The van der Waals surface area contributed by atoms with Crippen LogP contribution in [-0.4, -0.2) is 105 Å². The summed E-state index contributed by atoms with van der Waals surface area (Å²) in [7, 11) is 0. The molecule has 0 bridgehead atoms. The van der Waals surface area contributed by atoms with E-state index >= 15 is 0 Å². The number of aliphatic hydroxyl groups excluding tert-OH is 2. The van der Waals surface area contributed by atoms with Crippen molar-refractivity contribution in [3.63, 3.8) is 0 Å². The van der Waals surface area contributed by atoms with Gasteiger partial charge < -0.3 is 36.1 Å². The van der Waals surface area contributed by atoms with Gasteiger partial charge in [-0.05, 0) is 25.9 Å². The largest absolute Gasteiger partial charge is 0.389 e. The van der Waals surface area contributed by atoms with Crippen molar-refractivity contribution in [1.29, 1.82) is 0 Å². The van der Waals surface area contributed by atoms with E-state index in [1.54, 1.807) is 0 Å². The third-order valence-electron chi connectivity index (χ3n) is 3.70. The highest BCUT2D eigenvalue weighted by Crippen LogP contribution is 1.98. The molecule has 0 aromatic rings. The van der Waals surface area contributed by atoms with Crippen LogP contribution in [0.3, 0.4) is 0 Å². The summed E-state index contributed by atoms with van der Waals surface area (Å²) in [6, 6.07) is 0. The zero-order chi connectivity index (χ0) is 18.9. The molecule has 0 aromatic heterocycles. The third-order valence-corrected chi connectivity index (χ3v) is 3.70. The van der Waals surface area contributed by atoms with Gasteiger partial charge in [-0.1, -0.05) is 13.8 Å². The molecule has 8 heteroatoms. The van der Waals surface area contributed by atoms with Crippen molar-refractivity contribution >= 4 is 0 Å². The predicted octanol–water partition coefficient (Wildman–Crippen LogP) is -0.960. The van der Waals surface area contributed by atoms with Crippen LogP contribution >= 0.6 is 0 Å². The van der Waals surface area contributed by atoms with Gasteiger partial charge in [-0.25, -0.2) is 0 Å². The molecule has 0 saturated carbocycles. The Bertz CT molecular complexity index is 249. The zero-order valence-electron chi connectivity index (χ0n) is 16.1. The minimum atomic E-state index is -0.615. The molecule has 25 heavy (non-hydrogen) atoms. The second-order valence-corrected chi connectivity index (χ2v) is 6.35. The lowest BCUT2D eigenvalue weighted by atomic mass is 10.3. The molecule has 0 aliphatic heterocycles. The normalized spacial score (nSPS) is 14.4. The van der Waals surface area contributed by atoms with Crippen LogP contribution in [0.1, 0.15) is 26.7 Å².